The van der Waals surface area contributed by atoms with Crippen LogP contribution in [0.25, 0.3) is 0 Å². The van der Waals surface area contributed by atoms with Crippen LogP contribution in [-0.4, -0.2) is 63.0 Å². The first-order chi connectivity index (χ1) is 11.3. The molecule has 0 spiro atoms. The van der Waals surface area contributed by atoms with Crippen molar-refractivity contribution < 1.29 is 39.5 Å². The molecule has 0 aliphatic carbocycles. The number of ether oxygens (including phenoxy) is 2. The maximum absolute atomic E-state index is 11.3. The molecule has 5 atom stereocenters. The lowest BCUT2D eigenvalue weighted by molar-refractivity contribution is -0.271. The van der Waals surface area contributed by atoms with E-state index in [1.807, 2.05) is 0 Å². The molecule has 1 amide bonds. The van der Waals surface area contributed by atoms with E-state index in [1.54, 1.807) is 19.1 Å². The van der Waals surface area contributed by atoms with Gasteiger partial charge in [0.1, 0.15) is 24.1 Å². The minimum Gasteiger partial charge on any atom is -0.479 e. The topological polar surface area (TPSA) is 146 Å². The van der Waals surface area contributed by atoms with E-state index in [4.69, 9.17) is 14.6 Å². The minimum absolute atomic E-state index is 0.156. The van der Waals surface area contributed by atoms with Crippen molar-refractivity contribution >= 4 is 17.6 Å². The zero-order valence-electron chi connectivity index (χ0n) is 12.8. The molecule has 0 radical (unpaired) electrons. The number of carboxylic acid groups (broad SMARTS) is 1. The number of benzene rings is 1. The number of aliphatic carboxylic acids is 1. The van der Waals surface area contributed by atoms with Crippen molar-refractivity contribution in [1.29, 1.82) is 0 Å². The standard InChI is InChI=1S/C15H19NO8/c1-2-9(17)16-7-3-5-8(6-4-7)23-15-12(20)10(18)11(19)13(24-15)14(21)22/h3-6,10-13,15,18-20H,2H2,1H3,(H,16,17)(H,21,22). The summed E-state index contributed by atoms with van der Waals surface area (Å²) in [6.07, 6.45) is -8.00. The quantitative estimate of drug-likeness (QED) is 0.473. The Morgan fingerprint density at radius 2 is 1.75 bits per heavy atom. The van der Waals surface area contributed by atoms with Crippen LogP contribution in [0.2, 0.25) is 0 Å². The molecule has 5 unspecified atom stereocenters. The zero-order valence-corrected chi connectivity index (χ0v) is 12.8. The summed E-state index contributed by atoms with van der Waals surface area (Å²) in [6.45, 7) is 1.72. The average Bonchev–Trinajstić information content (AvgIpc) is 2.56. The van der Waals surface area contributed by atoms with Crippen LogP contribution in [0.3, 0.4) is 0 Å². The Morgan fingerprint density at radius 3 is 2.29 bits per heavy atom. The number of aliphatic hydroxyl groups excluding tert-OH is 3. The van der Waals surface area contributed by atoms with Crippen molar-refractivity contribution in [3.63, 3.8) is 0 Å². The monoisotopic (exact) mass is 341 g/mol. The third kappa shape index (κ3) is 4.01. The molecular formula is C15H19NO8. The van der Waals surface area contributed by atoms with E-state index in [1.165, 1.54) is 12.1 Å². The first-order valence-electron chi connectivity index (χ1n) is 7.32. The molecule has 24 heavy (non-hydrogen) atoms. The number of anilines is 1. The normalized spacial score (nSPS) is 29.8. The van der Waals surface area contributed by atoms with Gasteiger partial charge in [0.15, 0.2) is 6.10 Å². The fourth-order valence-corrected chi connectivity index (χ4v) is 2.15. The number of amides is 1. The predicted octanol–water partition coefficient (Wildman–Crippen LogP) is -0.694. The molecule has 1 aliphatic rings. The molecule has 9 nitrogen and oxygen atoms in total. The Morgan fingerprint density at radius 1 is 1.12 bits per heavy atom. The van der Waals surface area contributed by atoms with Gasteiger partial charge in [-0.25, -0.2) is 4.79 Å². The molecule has 1 heterocycles. The minimum atomic E-state index is -1.77. The van der Waals surface area contributed by atoms with Gasteiger partial charge < -0.3 is 35.2 Å². The first-order valence-corrected chi connectivity index (χ1v) is 7.32. The summed E-state index contributed by atoms with van der Waals surface area (Å²) < 4.78 is 10.3. The summed E-state index contributed by atoms with van der Waals surface area (Å²) in [5.74, 6) is -1.42. The number of rotatable bonds is 5. The van der Waals surface area contributed by atoms with Gasteiger partial charge in [-0.3, -0.25) is 4.79 Å². The maximum Gasteiger partial charge on any atom is 0.335 e. The van der Waals surface area contributed by atoms with Gasteiger partial charge in [0, 0.05) is 12.1 Å². The Balaban J connectivity index is 2.06. The summed E-state index contributed by atoms with van der Waals surface area (Å²) >= 11 is 0. The van der Waals surface area contributed by atoms with Crippen molar-refractivity contribution in [2.45, 2.75) is 44.1 Å². The van der Waals surface area contributed by atoms with E-state index in [0.717, 1.165) is 0 Å². The van der Waals surface area contributed by atoms with Crippen LogP contribution in [0.4, 0.5) is 5.69 Å². The van der Waals surface area contributed by atoms with E-state index in [2.05, 4.69) is 5.32 Å². The van der Waals surface area contributed by atoms with Crippen LogP contribution < -0.4 is 10.1 Å². The van der Waals surface area contributed by atoms with Crippen molar-refractivity contribution in [2.24, 2.45) is 0 Å². The van der Waals surface area contributed by atoms with Crippen LogP contribution >= 0.6 is 0 Å². The van der Waals surface area contributed by atoms with Gasteiger partial charge >= 0.3 is 5.97 Å². The number of hydrogen-bond acceptors (Lipinski definition) is 7. The van der Waals surface area contributed by atoms with E-state index < -0.39 is 36.7 Å². The van der Waals surface area contributed by atoms with Gasteiger partial charge in [-0.2, -0.15) is 0 Å². The highest BCUT2D eigenvalue weighted by atomic mass is 16.7. The summed E-state index contributed by atoms with van der Waals surface area (Å²) in [5, 5.41) is 40.8. The second-order valence-electron chi connectivity index (χ2n) is 5.28. The molecule has 1 aromatic carbocycles. The molecule has 1 aromatic rings. The van der Waals surface area contributed by atoms with E-state index in [0.29, 0.717) is 12.1 Å². The number of aliphatic hydroxyl groups is 3. The van der Waals surface area contributed by atoms with Gasteiger partial charge in [-0.05, 0) is 24.3 Å². The fraction of sp³-hybridized carbons (Fsp3) is 0.467. The molecule has 0 saturated carbocycles. The summed E-state index contributed by atoms with van der Waals surface area (Å²) in [7, 11) is 0. The van der Waals surface area contributed by atoms with Crippen molar-refractivity contribution in [2.75, 3.05) is 5.32 Å². The molecule has 0 bridgehead atoms. The lowest BCUT2D eigenvalue weighted by Gasteiger charge is -2.38. The van der Waals surface area contributed by atoms with Crippen molar-refractivity contribution in [3.05, 3.63) is 24.3 Å². The summed E-state index contributed by atoms with van der Waals surface area (Å²) in [6, 6.07) is 6.07. The molecule has 1 saturated heterocycles. The smallest absolute Gasteiger partial charge is 0.335 e. The number of carbonyl (C=O) groups is 2. The maximum atomic E-state index is 11.3. The van der Waals surface area contributed by atoms with Crippen LogP contribution in [0.15, 0.2) is 24.3 Å². The van der Waals surface area contributed by atoms with Gasteiger partial charge in [-0.1, -0.05) is 6.92 Å². The molecular weight excluding hydrogens is 322 g/mol. The molecule has 2 rings (SSSR count). The summed E-state index contributed by atoms with van der Waals surface area (Å²) in [5.41, 5.74) is 0.540. The van der Waals surface area contributed by atoms with Gasteiger partial charge in [0.25, 0.3) is 0 Å². The second-order valence-corrected chi connectivity index (χ2v) is 5.28. The third-order valence-electron chi connectivity index (χ3n) is 3.52. The third-order valence-corrected chi connectivity index (χ3v) is 3.52. The Kier molecular flexibility index (Phi) is 5.73. The van der Waals surface area contributed by atoms with Gasteiger partial charge in [0.05, 0.1) is 0 Å². The van der Waals surface area contributed by atoms with Crippen molar-refractivity contribution in [3.8, 4) is 5.75 Å². The second kappa shape index (κ2) is 7.58. The highest BCUT2D eigenvalue weighted by Gasteiger charge is 2.48. The van der Waals surface area contributed by atoms with E-state index in [-0.39, 0.29) is 11.7 Å². The lowest BCUT2D eigenvalue weighted by Crippen LogP contribution is -2.61. The number of hydrogen-bond donors (Lipinski definition) is 5. The Hall–Kier alpha value is -2.20. The van der Waals surface area contributed by atoms with Crippen LogP contribution in [0, 0.1) is 0 Å². The van der Waals surface area contributed by atoms with Crippen LogP contribution in [0.5, 0.6) is 5.75 Å². The van der Waals surface area contributed by atoms with Crippen molar-refractivity contribution in [1.82, 2.24) is 0 Å². The molecule has 1 aliphatic heterocycles. The van der Waals surface area contributed by atoms with Crippen LogP contribution in [-0.2, 0) is 14.3 Å². The molecule has 0 aromatic heterocycles. The first kappa shape index (κ1) is 18.1. The number of nitrogens with one attached hydrogen (secondary N) is 1. The molecule has 9 heteroatoms. The van der Waals surface area contributed by atoms with E-state index >= 15 is 0 Å². The molecule has 5 N–H and O–H groups in total. The number of carbonyl (C=O) groups excluding carboxylic acids is 1. The van der Waals surface area contributed by atoms with Gasteiger partial charge in [-0.15, -0.1) is 0 Å². The lowest BCUT2D eigenvalue weighted by atomic mass is 9.99. The fourth-order valence-electron chi connectivity index (χ4n) is 2.15. The molecule has 1 fully saturated rings. The average molecular weight is 341 g/mol. The summed E-state index contributed by atoms with van der Waals surface area (Å²) in [4.78, 5) is 22.3. The predicted molar refractivity (Wildman–Crippen MR) is 80.3 cm³/mol. The van der Waals surface area contributed by atoms with Gasteiger partial charge in [0.2, 0.25) is 12.2 Å². The highest BCUT2D eigenvalue weighted by molar-refractivity contribution is 5.90. The van der Waals surface area contributed by atoms with E-state index in [9.17, 15) is 24.9 Å². The zero-order chi connectivity index (χ0) is 17.9. The Bertz CT molecular complexity index is 590. The molecule has 132 valence electrons. The highest BCUT2D eigenvalue weighted by Crippen LogP contribution is 2.25. The Labute approximate surface area is 137 Å². The SMILES string of the molecule is CCC(=O)Nc1ccc(OC2OC(C(=O)O)C(O)C(O)C2O)cc1. The largest absolute Gasteiger partial charge is 0.479 e. The number of carboxylic acids is 1. The van der Waals surface area contributed by atoms with Crippen LogP contribution in [0.1, 0.15) is 13.3 Å².